The highest BCUT2D eigenvalue weighted by Crippen LogP contribution is 2.41. The van der Waals surface area contributed by atoms with Crippen molar-refractivity contribution >= 4 is 28.1 Å². The highest BCUT2D eigenvalue weighted by molar-refractivity contribution is 5.92. The molecule has 0 unspecified atom stereocenters. The van der Waals surface area contributed by atoms with Crippen LogP contribution in [-0.2, 0) is 0 Å². The molecule has 1 saturated carbocycles. The Morgan fingerprint density at radius 1 is 0.838 bits per heavy atom. The fourth-order valence-corrected chi connectivity index (χ4v) is 6.19. The summed E-state index contributed by atoms with van der Waals surface area (Å²) in [4.78, 5) is 20.0. The monoisotopic (exact) mass is 498 g/mol. The summed E-state index contributed by atoms with van der Waals surface area (Å²) in [6.07, 6.45) is 7.47. The summed E-state index contributed by atoms with van der Waals surface area (Å²) in [7, 11) is 6.53. The third-order valence-electron chi connectivity index (χ3n) is 8.66. The minimum Gasteiger partial charge on any atom is -0.377 e. The van der Waals surface area contributed by atoms with Crippen molar-refractivity contribution in [3.05, 3.63) is 53.9 Å². The Kier molecular flexibility index (Phi) is 6.94. The third-order valence-corrected chi connectivity index (χ3v) is 8.66. The molecule has 0 bridgehead atoms. The van der Waals surface area contributed by atoms with Crippen LogP contribution in [0.1, 0.15) is 61.7 Å². The number of para-hydroxylation sites is 1. The van der Waals surface area contributed by atoms with Gasteiger partial charge >= 0.3 is 0 Å². The van der Waals surface area contributed by atoms with Crippen molar-refractivity contribution < 1.29 is 0 Å². The number of anilines is 3. The maximum atomic E-state index is 5.22. The van der Waals surface area contributed by atoms with Crippen molar-refractivity contribution in [2.75, 3.05) is 75.1 Å². The molecule has 37 heavy (non-hydrogen) atoms. The van der Waals surface area contributed by atoms with Crippen molar-refractivity contribution in [1.29, 1.82) is 0 Å². The molecule has 1 aromatic heterocycles. The van der Waals surface area contributed by atoms with Gasteiger partial charge in [-0.3, -0.25) is 0 Å². The van der Waals surface area contributed by atoms with E-state index in [1.165, 1.54) is 61.1 Å². The largest absolute Gasteiger partial charge is 0.377 e. The van der Waals surface area contributed by atoms with Crippen LogP contribution in [0.3, 0.4) is 0 Å². The number of likely N-dealkylation sites (tertiary alicyclic amines) is 1. The van der Waals surface area contributed by atoms with E-state index >= 15 is 0 Å². The van der Waals surface area contributed by atoms with E-state index in [4.69, 9.17) is 9.97 Å². The standard InChI is InChI=1S/C31H42N6/c1-34(2)29-9-5-4-8-26(29)23-14-18-37(19-15-23)31-27-22-25(35(3)20-21-36-16-6-7-17-36)12-13-28(27)32-30(33-31)24-10-11-24/h4-5,8-9,12-13,22-24H,6-7,10-11,14-21H2,1-3H3. The van der Waals surface area contributed by atoms with Gasteiger partial charge in [0.25, 0.3) is 0 Å². The summed E-state index contributed by atoms with van der Waals surface area (Å²) in [5.74, 6) is 3.35. The molecular formula is C31H42N6. The summed E-state index contributed by atoms with van der Waals surface area (Å²) in [6, 6.07) is 15.8. The van der Waals surface area contributed by atoms with Crippen molar-refractivity contribution in [3.63, 3.8) is 0 Å². The van der Waals surface area contributed by atoms with Gasteiger partial charge in [0.15, 0.2) is 0 Å². The van der Waals surface area contributed by atoms with Gasteiger partial charge in [0.2, 0.25) is 0 Å². The van der Waals surface area contributed by atoms with E-state index in [-0.39, 0.29) is 0 Å². The summed E-state index contributed by atoms with van der Waals surface area (Å²) in [5, 5.41) is 1.21. The first-order valence-electron chi connectivity index (χ1n) is 14.3. The third kappa shape index (κ3) is 5.26. The molecule has 6 rings (SSSR count). The number of rotatable bonds is 8. The molecule has 2 aromatic carbocycles. The summed E-state index contributed by atoms with van der Waals surface area (Å²) >= 11 is 0. The van der Waals surface area contributed by atoms with Crippen LogP contribution in [0, 0.1) is 0 Å². The van der Waals surface area contributed by atoms with Gasteiger partial charge in [0.05, 0.1) is 5.52 Å². The first-order chi connectivity index (χ1) is 18.1. The lowest BCUT2D eigenvalue weighted by Gasteiger charge is -2.35. The number of aromatic nitrogens is 2. The molecule has 0 radical (unpaired) electrons. The Bertz CT molecular complexity index is 1220. The molecule has 3 heterocycles. The maximum Gasteiger partial charge on any atom is 0.140 e. The van der Waals surface area contributed by atoms with Crippen LogP contribution >= 0.6 is 0 Å². The number of hydrogen-bond donors (Lipinski definition) is 0. The van der Waals surface area contributed by atoms with Crippen LogP contribution in [0.2, 0.25) is 0 Å². The molecule has 3 aromatic rings. The number of hydrogen-bond acceptors (Lipinski definition) is 6. The summed E-state index contributed by atoms with van der Waals surface area (Å²) < 4.78 is 0. The minimum absolute atomic E-state index is 0.551. The van der Waals surface area contributed by atoms with Gasteiger partial charge in [0, 0.05) is 70.0 Å². The van der Waals surface area contributed by atoms with E-state index in [1.807, 2.05) is 0 Å². The van der Waals surface area contributed by atoms with Gasteiger partial charge in [-0.05, 0) is 87.4 Å². The quantitative estimate of drug-likeness (QED) is 0.409. The maximum absolute atomic E-state index is 5.22. The molecule has 3 fully saturated rings. The van der Waals surface area contributed by atoms with Crippen LogP contribution in [0.5, 0.6) is 0 Å². The summed E-state index contributed by atoms with van der Waals surface area (Å²) in [5.41, 5.74) is 5.21. The average molecular weight is 499 g/mol. The van der Waals surface area contributed by atoms with Crippen molar-refractivity contribution in [2.45, 2.75) is 50.4 Å². The predicted molar refractivity (Wildman–Crippen MR) is 155 cm³/mol. The Hall–Kier alpha value is -2.86. The molecule has 3 aliphatic rings. The van der Waals surface area contributed by atoms with Gasteiger partial charge in [-0.1, -0.05) is 18.2 Å². The van der Waals surface area contributed by atoms with Gasteiger partial charge in [0.1, 0.15) is 11.6 Å². The van der Waals surface area contributed by atoms with Gasteiger partial charge in [-0.15, -0.1) is 0 Å². The molecule has 196 valence electrons. The zero-order valence-electron chi connectivity index (χ0n) is 22.9. The van der Waals surface area contributed by atoms with Crippen molar-refractivity contribution in [2.24, 2.45) is 0 Å². The number of fused-ring (bicyclic) bond motifs is 1. The number of piperidine rings is 1. The lowest BCUT2D eigenvalue weighted by molar-refractivity contribution is 0.346. The molecule has 2 aliphatic heterocycles. The molecule has 0 amide bonds. The molecule has 0 spiro atoms. The Morgan fingerprint density at radius 3 is 2.32 bits per heavy atom. The van der Waals surface area contributed by atoms with Crippen LogP contribution in [0.25, 0.3) is 10.9 Å². The lowest BCUT2D eigenvalue weighted by Crippen LogP contribution is -2.34. The Labute approximate surface area is 222 Å². The van der Waals surface area contributed by atoms with Gasteiger partial charge in [-0.2, -0.15) is 0 Å². The SMILES string of the molecule is CN(C)c1ccccc1C1CCN(c2nc(C3CC3)nc3ccc(N(C)CCN4CCCC4)cc23)CC1. The smallest absolute Gasteiger partial charge is 0.140 e. The second-order valence-corrected chi connectivity index (χ2v) is 11.6. The minimum atomic E-state index is 0.551. The highest BCUT2D eigenvalue weighted by Gasteiger charge is 2.30. The fourth-order valence-electron chi connectivity index (χ4n) is 6.19. The molecule has 6 nitrogen and oxygen atoms in total. The van der Waals surface area contributed by atoms with Crippen LogP contribution in [0.15, 0.2) is 42.5 Å². The van der Waals surface area contributed by atoms with E-state index < -0.39 is 0 Å². The fraction of sp³-hybridized carbons (Fsp3) is 0.548. The van der Waals surface area contributed by atoms with Gasteiger partial charge in [-0.25, -0.2) is 9.97 Å². The van der Waals surface area contributed by atoms with Crippen molar-refractivity contribution in [3.8, 4) is 0 Å². The average Bonchev–Trinajstić information content (AvgIpc) is 3.66. The summed E-state index contributed by atoms with van der Waals surface area (Å²) in [6.45, 7) is 6.78. The Balaban J connectivity index is 1.24. The van der Waals surface area contributed by atoms with E-state index in [0.29, 0.717) is 11.8 Å². The van der Waals surface area contributed by atoms with Crippen LogP contribution in [-0.4, -0.2) is 75.3 Å². The normalized spacial score (nSPS) is 19.1. The van der Waals surface area contributed by atoms with E-state index in [9.17, 15) is 0 Å². The van der Waals surface area contributed by atoms with E-state index in [0.717, 1.165) is 56.2 Å². The highest BCUT2D eigenvalue weighted by atomic mass is 15.2. The van der Waals surface area contributed by atoms with E-state index in [1.54, 1.807) is 0 Å². The van der Waals surface area contributed by atoms with Crippen molar-refractivity contribution in [1.82, 2.24) is 14.9 Å². The number of nitrogens with zero attached hydrogens (tertiary/aromatic N) is 6. The molecular weight excluding hydrogens is 456 g/mol. The molecule has 0 N–H and O–H groups in total. The first kappa shape index (κ1) is 24.5. The number of likely N-dealkylation sites (N-methyl/N-ethyl adjacent to an activating group) is 1. The molecule has 6 heteroatoms. The second kappa shape index (κ2) is 10.5. The lowest BCUT2D eigenvalue weighted by atomic mass is 9.88. The van der Waals surface area contributed by atoms with Crippen LogP contribution in [0.4, 0.5) is 17.2 Å². The van der Waals surface area contributed by atoms with Gasteiger partial charge < -0.3 is 19.6 Å². The first-order valence-corrected chi connectivity index (χ1v) is 14.3. The van der Waals surface area contributed by atoms with E-state index in [2.05, 4.69) is 83.2 Å². The molecule has 0 atom stereocenters. The predicted octanol–water partition coefficient (Wildman–Crippen LogP) is 5.49. The Morgan fingerprint density at radius 2 is 1.59 bits per heavy atom. The molecule has 1 aliphatic carbocycles. The zero-order chi connectivity index (χ0) is 25.4. The second-order valence-electron chi connectivity index (χ2n) is 11.6. The molecule has 2 saturated heterocycles. The zero-order valence-corrected chi connectivity index (χ0v) is 22.9. The van der Waals surface area contributed by atoms with Crippen LogP contribution < -0.4 is 14.7 Å². The topological polar surface area (TPSA) is 38.7 Å². The number of benzene rings is 2.